The van der Waals surface area contributed by atoms with Gasteiger partial charge in [-0.3, -0.25) is 4.79 Å². The molecule has 1 aromatic carbocycles. The highest BCUT2D eigenvalue weighted by Gasteiger charge is 2.13. The van der Waals surface area contributed by atoms with Gasteiger partial charge in [-0.05, 0) is 24.3 Å². The van der Waals surface area contributed by atoms with Gasteiger partial charge in [0.1, 0.15) is 5.69 Å². The normalized spacial score (nSPS) is 10.4. The van der Waals surface area contributed by atoms with Crippen LogP contribution in [0.2, 0.25) is 0 Å². The summed E-state index contributed by atoms with van der Waals surface area (Å²) in [5.74, 6) is -1.20. The number of nitrogens with zero attached hydrogens (tertiary/aromatic N) is 1. The molecule has 0 aliphatic heterocycles. The summed E-state index contributed by atoms with van der Waals surface area (Å²) >= 11 is 0.516. The number of rotatable bonds is 5. The molecule has 0 radical (unpaired) electrons. The molecule has 2 aromatic rings. The van der Waals surface area contributed by atoms with Gasteiger partial charge in [0, 0.05) is 34.5 Å². The Bertz CT molecular complexity index is 700. The Morgan fingerprint density at radius 1 is 1.24 bits per heavy atom. The third-order valence-corrected chi connectivity index (χ3v) is 3.52. The largest absolute Gasteiger partial charge is 0.477 e. The summed E-state index contributed by atoms with van der Waals surface area (Å²) in [5, 5.41) is 8.97. The van der Waals surface area contributed by atoms with Gasteiger partial charge in [0.05, 0.1) is 5.69 Å². The summed E-state index contributed by atoms with van der Waals surface area (Å²) in [6.45, 7) is 1.74. The molecule has 0 bridgehead atoms. The predicted molar refractivity (Wildman–Crippen MR) is 79.7 cm³/mol. The quantitative estimate of drug-likeness (QED) is 0.648. The summed E-state index contributed by atoms with van der Waals surface area (Å²) in [4.78, 5) is 27.4. The molecule has 6 heteroatoms. The van der Waals surface area contributed by atoms with E-state index in [1.54, 1.807) is 37.3 Å². The van der Waals surface area contributed by atoms with Crippen LogP contribution in [0.5, 0.6) is 0 Å². The molecule has 2 N–H and O–H groups in total. The minimum atomic E-state index is -1.11. The number of carboxylic acids is 1. The lowest BCUT2D eigenvalue weighted by Gasteiger charge is -2.08. The van der Waals surface area contributed by atoms with Crippen LogP contribution in [0.4, 0.5) is 0 Å². The molecule has 21 heavy (non-hydrogen) atoms. The molecule has 0 spiro atoms. The van der Waals surface area contributed by atoms with Gasteiger partial charge in [0.2, 0.25) is 0 Å². The highest BCUT2D eigenvalue weighted by Crippen LogP contribution is 2.27. The van der Waals surface area contributed by atoms with Gasteiger partial charge in [0.25, 0.3) is 0 Å². The first kappa shape index (κ1) is 15.2. The molecular formula is C15H13NO4S. The average molecular weight is 303 g/mol. The summed E-state index contributed by atoms with van der Waals surface area (Å²) in [6, 6.07) is 9.62. The summed E-state index contributed by atoms with van der Waals surface area (Å²) in [5.41, 5.74) is 1.45. The van der Waals surface area contributed by atoms with Gasteiger partial charge in [-0.2, -0.15) is 0 Å². The zero-order valence-electron chi connectivity index (χ0n) is 11.2. The second-order valence-corrected chi connectivity index (χ2v) is 4.91. The molecule has 2 rings (SSSR count). The molecule has 0 fully saturated rings. The number of Topliss-reactive ketones (excluding diaryl/α,β-unsaturated/α-hetero) is 1. The van der Waals surface area contributed by atoms with Gasteiger partial charge in [-0.1, -0.05) is 19.1 Å². The molecule has 5 nitrogen and oxygen atoms in total. The van der Waals surface area contributed by atoms with E-state index in [4.69, 9.17) is 5.11 Å². The van der Waals surface area contributed by atoms with Gasteiger partial charge in [-0.25, -0.2) is 9.78 Å². The summed E-state index contributed by atoms with van der Waals surface area (Å²) in [7, 11) is 0. The first-order valence-electron chi connectivity index (χ1n) is 6.26. The van der Waals surface area contributed by atoms with Crippen molar-refractivity contribution in [1.29, 1.82) is 0 Å². The van der Waals surface area contributed by atoms with Crippen molar-refractivity contribution in [2.75, 3.05) is 0 Å². The second-order valence-electron chi connectivity index (χ2n) is 4.29. The van der Waals surface area contributed by atoms with Crippen LogP contribution in [-0.4, -0.2) is 26.4 Å². The van der Waals surface area contributed by atoms with Crippen LogP contribution in [0.3, 0.4) is 0 Å². The van der Waals surface area contributed by atoms with E-state index in [0.717, 1.165) is 0 Å². The van der Waals surface area contributed by atoms with E-state index >= 15 is 0 Å². The molecule has 1 heterocycles. The van der Waals surface area contributed by atoms with Gasteiger partial charge >= 0.3 is 5.97 Å². The number of ketones is 1. The fraction of sp³-hybridized carbons (Fsp3) is 0.133. The Balaban J connectivity index is 2.52. The maximum atomic E-state index is 11.9. The average Bonchev–Trinajstić information content (AvgIpc) is 2.53. The SMILES string of the molecule is CCC(=O)c1cc(-c2cccc(C(=O)O)n2)ccc1SO. The molecule has 0 aliphatic carbocycles. The van der Waals surface area contributed by atoms with E-state index in [1.807, 2.05) is 0 Å². The number of hydrogen-bond acceptors (Lipinski definition) is 5. The van der Waals surface area contributed by atoms with Crippen LogP contribution in [0.15, 0.2) is 41.3 Å². The molecule has 0 amide bonds. The number of carboxylic acid groups (broad SMARTS) is 1. The van der Waals surface area contributed by atoms with Crippen LogP contribution in [0.1, 0.15) is 34.2 Å². The molecule has 0 saturated carbocycles. The fourth-order valence-electron chi connectivity index (χ4n) is 1.89. The van der Waals surface area contributed by atoms with Gasteiger partial charge in [-0.15, -0.1) is 0 Å². The van der Waals surface area contributed by atoms with Crippen molar-refractivity contribution in [3.05, 3.63) is 47.7 Å². The topological polar surface area (TPSA) is 87.5 Å². The molecular weight excluding hydrogens is 290 g/mol. The van der Waals surface area contributed by atoms with E-state index in [1.165, 1.54) is 6.07 Å². The summed E-state index contributed by atoms with van der Waals surface area (Å²) < 4.78 is 9.21. The van der Waals surface area contributed by atoms with Crippen LogP contribution < -0.4 is 0 Å². The number of benzene rings is 1. The number of carbonyl (C=O) groups is 2. The summed E-state index contributed by atoms with van der Waals surface area (Å²) in [6.07, 6.45) is 0.319. The number of aromatic nitrogens is 1. The second kappa shape index (κ2) is 6.51. The highest BCUT2D eigenvalue weighted by molar-refractivity contribution is 7.93. The fourth-order valence-corrected chi connectivity index (χ4v) is 2.29. The van der Waals surface area contributed by atoms with Crippen molar-refractivity contribution >= 4 is 23.8 Å². The lowest BCUT2D eigenvalue weighted by Crippen LogP contribution is -2.02. The molecule has 0 aliphatic rings. The lowest BCUT2D eigenvalue weighted by molar-refractivity contribution is 0.0690. The number of carbonyl (C=O) groups excluding carboxylic acids is 1. The third kappa shape index (κ3) is 3.29. The lowest BCUT2D eigenvalue weighted by atomic mass is 10.0. The van der Waals surface area contributed by atoms with Crippen molar-refractivity contribution in [2.45, 2.75) is 18.2 Å². The Morgan fingerprint density at radius 2 is 2.00 bits per heavy atom. The third-order valence-electron chi connectivity index (χ3n) is 2.96. The van der Waals surface area contributed by atoms with Crippen molar-refractivity contribution in [3.8, 4) is 11.3 Å². The monoisotopic (exact) mass is 303 g/mol. The smallest absolute Gasteiger partial charge is 0.354 e. The van der Waals surface area contributed by atoms with Crippen molar-refractivity contribution in [3.63, 3.8) is 0 Å². The number of pyridine rings is 1. The Kier molecular flexibility index (Phi) is 4.72. The number of aromatic carboxylic acids is 1. The molecule has 0 atom stereocenters. The Labute approximate surface area is 125 Å². The molecule has 0 unspecified atom stereocenters. The highest BCUT2D eigenvalue weighted by atomic mass is 32.2. The first-order chi connectivity index (χ1) is 10.1. The zero-order chi connectivity index (χ0) is 15.4. The van der Waals surface area contributed by atoms with Crippen molar-refractivity contribution in [2.24, 2.45) is 0 Å². The van der Waals surface area contributed by atoms with E-state index in [2.05, 4.69) is 4.98 Å². The Hall–Kier alpha value is -2.18. The molecule has 108 valence electrons. The van der Waals surface area contributed by atoms with Crippen LogP contribution >= 0.6 is 12.0 Å². The maximum Gasteiger partial charge on any atom is 0.354 e. The Morgan fingerprint density at radius 3 is 2.62 bits per heavy atom. The van der Waals surface area contributed by atoms with E-state index in [0.29, 0.717) is 40.2 Å². The molecule has 1 aromatic heterocycles. The minimum Gasteiger partial charge on any atom is -0.477 e. The van der Waals surface area contributed by atoms with Gasteiger partial charge < -0.3 is 9.66 Å². The number of hydrogen-bond donors (Lipinski definition) is 2. The van der Waals surface area contributed by atoms with Crippen LogP contribution in [-0.2, 0) is 0 Å². The first-order valence-corrected chi connectivity index (χ1v) is 7.03. The minimum absolute atomic E-state index is 0.0588. The predicted octanol–water partition coefficient (Wildman–Crippen LogP) is 3.60. The van der Waals surface area contributed by atoms with Crippen molar-refractivity contribution in [1.82, 2.24) is 4.98 Å². The molecule has 0 saturated heterocycles. The van der Waals surface area contributed by atoms with E-state index < -0.39 is 5.97 Å². The zero-order valence-corrected chi connectivity index (χ0v) is 12.1. The van der Waals surface area contributed by atoms with E-state index in [-0.39, 0.29) is 11.5 Å². The van der Waals surface area contributed by atoms with Gasteiger partial charge in [0.15, 0.2) is 5.78 Å². The van der Waals surface area contributed by atoms with Crippen LogP contribution in [0, 0.1) is 0 Å². The standard InChI is InChI=1S/C15H13NO4S/c1-2-13(17)10-8-9(6-7-14(10)21-20)11-4-3-5-12(16-11)15(18)19/h3-8,20H,2H2,1H3,(H,18,19). The van der Waals surface area contributed by atoms with Crippen molar-refractivity contribution < 1.29 is 19.2 Å². The van der Waals surface area contributed by atoms with Crippen LogP contribution in [0.25, 0.3) is 11.3 Å². The maximum absolute atomic E-state index is 11.9. The van der Waals surface area contributed by atoms with E-state index in [9.17, 15) is 14.1 Å².